The smallest absolute Gasteiger partial charge is 0.373 e. The Balaban J connectivity index is 0.00000176. The molecule has 5 N–H and O–H groups in total. The third-order valence-corrected chi connectivity index (χ3v) is 10.0. The van der Waals surface area contributed by atoms with Gasteiger partial charge in [-0.2, -0.15) is 9.59 Å². The number of nitrogens with one attached hydrogen (secondary N) is 2. The summed E-state index contributed by atoms with van der Waals surface area (Å²) in [4.78, 5) is 76.5. The number of carbonyl (C=O) groups is 3. The van der Waals surface area contributed by atoms with Crippen LogP contribution in [-0.4, -0.2) is 46.1 Å². The molecule has 1 aliphatic heterocycles. The van der Waals surface area contributed by atoms with Gasteiger partial charge in [0.1, 0.15) is 22.7 Å². The van der Waals surface area contributed by atoms with E-state index in [9.17, 15) is 24.3 Å². The van der Waals surface area contributed by atoms with Crippen LogP contribution in [0.25, 0.3) is 55.2 Å². The van der Waals surface area contributed by atoms with E-state index >= 15 is 0 Å². The molecule has 8 rings (SSSR count). The number of rotatable bonds is 10. The SMILES string of the molecule is COC(=O)c1ccc2cccc(NCc3c4oc5c(CNc6cccc7ccc(C(C)=O)nc67)c(N)ccc5c(-c5cc(C)ccc5C(=O)O)c-4ccc3=O)c2n1.O=C=O. The maximum atomic E-state index is 13.8. The lowest BCUT2D eigenvalue weighted by Gasteiger charge is -2.22. The summed E-state index contributed by atoms with van der Waals surface area (Å²) in [5.41, 5.74) is 13.2. The van der Waals surface area contributed by atoms with Gasteiger partial charge in [-0.1, -0.05) is 54.1 Å². The summed E-state index contributed by atoms with van der Waals surface area (Å²) in [6, 6.07) is 29.8. The van der Waals surface area contributed by atoms with Crippen molar-refractivity contribution in [3.05, 3.63) is 147 Å². The Hall–Kier alpha value is -8.22. The monoisotopic (exact) mass is 801 g/mol. The van der Waals surface area contributed by atoms with Crippen LogP contribution >= 0.6 is 0 Å². The van der Waals surface area contributed by atoms with Crippen LogP contribution in [-0.2, 0) is 27.4 Å². The van der Waals surface area contributed by atoms with Crippen molar-refractivity contribution < 1.29 is 38.2 Å². The molecule has 2 aromatic heterocycles. The Bertz CT molecular complexity index is 3100. The van der Waals surface area contributed by atoms with Crippen molar-refractivity contribution in [2.45, 2.75) is 26.9 Å². The van der Waals surface area contributed by atoms with Gasteiger partial charge in [0, 0.05) is 58.5 Å². The number of esters is 1. The van der Waals surface area contributed by atoms with E-state index < -0.39 is 11.9 Å². The van der Waals surface area contributed by atoms with Gasteiger partial charge in [0.05, 0.1) is 40.6 Å². The maximum absolute atomic E-state index is 13.8. The number of Topliss-reactive ketones (excluding diaryl/α,β-unsaturated/α-hetero) is 1. The summed E-state index contributed by atoms with van der Waals surface area (Å²) >= 11 is 0. The molecule has 0 bridgehead atoms. The molecule has 0 radical (unpaired) electrons. The van der Waals surface area contributed by atoms with Gasteiger partial charge in [0.25, 0.3) is 0 Å². The van der Waals surface area contributed by atoms with E-state index in [1.54, 1.807) is 54.6 Å². The number of ketones is 1. The molecule has 0 saturated heterocycles. The van der Waals surface area contributed by atoms with Crippen molar-refractivity contribution >= 4 is 73.7 Å². The summed E-state index contributed by atoms with van der Waals surface area (Å²) in [5, 5.41) is 19.3. The fourth-order valence-corrected chi connectivity index (χ4v) is 7.18. The van der Waals surface area contributed by atoms with Gasteiger partial charge >= 0.3 is 18.1 Å². The third-order valence-electron chi connectivity index (χ3n) is 10.0. The molecule has 3 heterocycles. The lowest BCUT2D eigenvalue weighted by molar-refractivity contribution is -0.191. The molecule has 2 aliphatic rings. The lowest BCUT2D eigenvalue weighted by Crippen LogP contribution is -2.16. The Morgan fingerprint density at radius 1 is 0.783 bits per heavy atom. The molecule has 0 unspecified atom stereocenters. The maximum Gasteiger partial charge on any atom is 0.373 e. The normalized spacial score (nSPS) is 10.8. The molecule has 0 amide bonds. The molecule has 14 nitrogen and oxygen atoms in total. The minimum atomic E-state index is -1.12. The van der Waals surface area contributed by atoms with Gasteiger partial charge in [-0.15, -0.1) is 0 Å². The number of benzene rings is 5. The zero-order valence-corrected chi connectivity index (χ0v) is 32.4. The van der Waals surface area contributed by atoms with E-state index in [0.29, 0.717) is 67.0 Å². The first kappa shape index (κ1) is 40.0. The topological polar surface area (TPSA) is 221 Å². The Kier molecular flexibility index (Phi) is 11.1. The molecule has 6 aromatic rings. The number of nitrogens with zero attached hydrogens (tertiary/aromatic N) is 2. The Morgan fingerprint density at radius 3 is 2.02 bits per heavy atom. The molecule has 298 valence electrons. The van der Waals surface area contributed by atoms with Crippen molar-refractivity contribution in [1.82, 2.24) is 9.97 Å². The van der Waals surface area contributed by atoms with Gasteiger partial charge < -0.3 is 30.6 Å². The van der Waals surface area contributed by atoms with Crippen molar-refractivity contribution in [1.29, 1.82) is 0 Å². The van der Waals surface area contributed by atoms with Gasteiger partial charge in [0.15, 0.2) is 11.2 Å². The van der Waals surface area contributed by atoms with Gasteiger partial charge in [-0.25, -0.2) is 19.6 Å². The predicted octanol–water partition coefficient (Wildman–Crippen LogP) is 7.88. The number of nitrogens with two attached hydrogens (primary N) is 1. The van der Waals surface area contributed by atoms with Crippen LogP contribution in [0.2, 0.25) is 0 Å². The fraction of sp³-hybridized carbons (Fsp3) is 0.109. The van der Waals surface area contributed by atoms with Crippen LogP contribution in [0.5, 0.6) is 0 Å². The zero-order chi connectivity index (χ0) is 42.7. The number of pyridine rings is 2. The standard InChI is InChI=1S/C45H35N5O7.CO2/c1-23-10-13-27(44(53)54)30(20-23)39-28-14-16-33(46)31(21-47-35-8-4-6-25-11-17-34(24(2)51)49-40(25)35)42(28)57-43-29(39)15-19-38(52)32(43)22-48-36-9-5-7-26-12-18-37(45(55)56-3)50-41(26)36;2-1-3/h4-20,47-48H,21-22,46H2,1-3H3,(H,53,54);. The highest BCUT2D eigenvalue weighted by molar-refractivity contribution is 6.09. The van der Waals surface area contributed by atoms with Crippen molar-refractivity contribution in [3.63, 3.8) is 0 Å². The number of ether oxygens (including phenoxy) is 1. The predicted molar refractivity (Wildman–Crippen MR) is 225 cm³/mol. The number of carboxylic acids is 1. The first-order valence-electron chi connectivity index (χ1n) is 18.4. The van der Waals surface area contributed by atoms with E-state index in [1.807, 2.05) is 49.4 Å². The lowest BCUT2D eigenvalue weighted by atomic mass is 9.87. The van der Waals surface area contributed by atoms with Crippen LogP contribution in [0.1, 0.15) is 54.9 Å². The molecular weight excluding hydrogens is 767 g/mol. The first-order valence-corrected chi connectivity index (χ1v) is 18.4. The second-order valence-electron chi connectivity index (χ2n) is 13.7. The van der Waals surface area contributed by atoms with Crippen molar-refractivity contribution in [3.8, 4) is 22.5 Å². The minimum Gasteiger partial charge on any atom is -0.478 e. The highest BCUT2D eigenvalue weighted by Crippen LogP contribution is 2.45. The molecule has 1 aliphatic carbocycles. The molecule has 0 atom stereocenters. The second kappa shape index (κ2) is 16.7. The van der Waals surface area contributed by atoms with E-state index in [0.717, 1.165) is 16.3 Å². The third kappa shape index (κ3) is 7.61. The van der Waals surface area contributed by atoms with E-state index in [4.69, 9.17) is 24.5 Å². The number of aromatic carboxylic acids is 1. The highest BCUT2D eigenvalue weighted by Gasteiger charge is 2.27. The average Bonchev–Trinajstić information content (AvgIpc) is 3.24. The highest BCUT2D eigenvalue weighted by atomic mass is 16.5. The number of carboxylic acid groups (broad SMARTS) is 1. The summed E-state index contributed by atoms with van der Waals surface area (Å²) in [6.07, 6.45) is 0.250. The van der Waals surface area contributed by atoms with Crippen LogP contribution in [0, 0.1) is 6.92 Å². The van der Waals surface area contributed by atoms with Gasteiger partial charge in [-0.05, 0) is 67.1 Å². The molecule has 4 aromatic carbocycles. The number of hydrogen-bond acceptors (Lipinski definition) is 13. The van der Waals surface area contributed by atoms with Crippen LogP contribution in [0.3, 0.4) is 0 Å². The number of aryl methyl sites for hydroxylation is 1. The van der Waals surface area contributed by atoms with Gasteiger partial charge in [0.2, 0.25) is 0 Å². The van der Waals surface area contributed by atoms with Crippen molar-refractivity contribution in [2.24, 2.45) is 0 Å². The molecule has 0 saturated carbocycles. The summed E-state index contributed by atoms with van der Waals surface area (Å²) in [7, 11) is 1.29. The van der Waals surface area contributed by atoms with Crippen molar-refractivity contribution in [2.75, 3.05) is 23.5 Å². The molecular formula is C46H35N5O9. The first-order chi connectivity index (χ1) is 28.9. The summed E-state index contributed by atoms with van der Waals surface area (Å²) in [5.74, 6) is -1.62. The number of methoxy groups -OCH3 is 1. The van der Waals surface area contributed by atoms with E-state index in [-0.39, 0.29) is 53.0 Å². The molecule has 0 spiro atoms. The Labute approximate surface area is 341 Å². The van der Waals surface area contributed by atoms with E-state index in [1.165, 1.54) is 20.1 Å². The second-order valence-corrected chi connectivity index (χ2v) is 13.7. The van der Waals surface area contributed by atoms with Crippen LogP contribution in [0.15, 0.2) is 112 Å². The summed E-state index contributed by atoms with van der Waals surface area (Å²) < 4.78 is 11.7. The van der Waals surface area contributed by atoms with Crippen LogP contribution in [0.4, 0.5) is 17.1 Å². The van der Waals surface area contributed by atoms with Crippen LogP contribution < -0.4 is 21.8 Å². The number of para-hydroxylation sites is 2. The number of hydrogen-bond donors (Lipinski definition) is 4. The average molecular weight is 802 g/mol. The minimum absolute atomic E-state index is 0.0104. The van der Waals surface area contributed by atoms with Gasteiger partial charge in [-0.3, -0.25) is 9.59 Å². The number of nitrogen functional groups attached to an aromatic ring is 1. The van der Waals surface area contributed by atoms with E-state index in [2.05, 4.69) is 20.6 Å². The molecule has 14 heteroatoms. The number of anilines is 3. The molecule has 60 heavy (non-hydrogen) atoms. The summed E-state index contributed by atoms with van der Waals surface area (Å²) in [6.45, 7) is 3.48. The molecule has 0 fully saturated rings. The fourth-order valence-electron chi connectivity index (χ4n) is 7.18. The largest absolute Gasteiger partial charge is 0.478 e. The number of aromatic nitrogens is 2. The Morgan fingerprint density at radius 2 is 1.40 bits per heavy atom. The number of carbonyl (C=O) groups excluding carboxylic acids is 4. The quantitative estimate of drug-likeness (QED) is 0.0447. The number of fused-ring (bicyclic) bond motifs is 4. The zero-order valence-electron chi connectivity index (χ0n) is 32.4.